The zero-order valence-corrected chi connectivity index (χ0v) is 16.9. The second kappa shape index (κ2) is 9.07. The van der Waals surface area contributed by atoms with E-state index in [0.717, 1.165) is 30.7 Å². The minimum atomic E-state index is -0.311. The van der Waals surface area contributed by atoms with E-state index < -0.39 is 0 Å². The van der Waals surface area contributed by atoms with Crippen molar-refractivity contribution in [3.05, 3.63) is 65.8 Å². The molecule has 1 aromatic heterocycles. The van der Waals surface area contributed by atoms with Gasteiger partial charge in [0, 0.05) is 25.1 Å². The summed E-state index contributed by atoms with van der Waals surface area (Å²) in [7, 11) is 1.64. The molecule has 1 unspecified atom stereocenters. The molecule has 0 bridgehead atoms. The van der Waals surface area contributed by atoms with E-state index in [1.54, 1.807) is 19.2 Å². The van der Waals surface area contributed by atoms with Crippen LogP contribution in [0.25, 0.3) is 11.5 Å². The highest BCUT2D eigenvalue weighted by atomic mass is 19.1. The van der Waals surface area contributed by atoms with Gasteiger partial charge in [-0.2, -0.15) is 0 Å². The van der Waals surface area contributed by atoms with E-state index in [2.05, 4.69) is 10.2 Å². The average Bonchev–Trinajstić information content (AvgIpc) is 3.29. The van der Waals surface area contributed by atoms with Gasteiger partial charge in [0.05, 0.1) is 13.0 Å². The van der Waals surface area contributed by atoms with Gasteiger partial charge in [0.25, 0.3) is 0 Å². The van der Waals surface area contributed by atoms with Crippen LogP contribution in [-0.4, -0.2) is 41.2 Å². The molecule has 4 rings (SSSR count). The molecule has 0 aliphatic carbocycles. The number of ether oxygens (including phenoxy) is 1. The summed E-state index contributed by atoms with van der Waals surface area (Å²) in [6, 6.07) is 13.7. The molecule has 6 nitrogen and oxygen atoms in total. The lowest BCUT2D eigenvalue weighted by atomic mass is 9.97. The highest BCUT2D eigenvalue weighted by molar-refractivity contribution is 5.76. The van der Waals surface area contributed by atoms with Gasteiger partial charge >= 0.3 is 0 Å². The predicted octanol–water partition coefficient (Wildman–Crippen LogP) is 4.22. The van der Waals surface area contributed by atoms with Crippen molar-refractivity contribution < 1.29 is 18.3 Å². The summed E-state index contributed by atoms with van der Waals surface area (Å²) in [5.41, 5.74) is 1.79. The number of aromatic nitrogens is 2. The molecule has 1 aliphatic heterocycles. The molecule has 0 spiro atoms. The van der Waals surface area contributed by atoms with E-state index in [4.69, 9.17) is 9.15 Å². The molecule has 156 valence electrons. The van der Waals surface area contributed by atoms with E-state index in [1.807, 2.05) is 29.2 Å². The van der Waals surface area contributed by atoms with Gasteiger partial charge in [-0.15, -0.1) is 10.2 Å². The third-order valence-electron chi connectivity index (χ3n) is 5.44. The van der Waals surface area contributed by atoms with Gasteiger partial charge < -0.3 is 14.1 Å². The first-order chi connectivity index (χ1) is 14.6. The smallest absolute Gasteiger partial charge is 0.247 e. The van der Waals surface area contributed by atoms with Gasteiger partial charge in [-0.25, -0.2) is 4.39 Å². The Labute approximate surface area is 174 Å². The van der Waals surface area contributed by atoms with Crippen LogP contribution < -0.4 is 4.74 Å². The second-order valence-electron chi connectivity index (χ2n) is 7.48. The monoisotopic (exact) mass is 409 g/mol. The Hall–Kier alpha value is -3.22. The van der Waals surface area contributed by atoms with Crippen molar-refractivity contribution in [3.63, 3.8) is 0 Å². The van der Waals surface area contributed by atoms with Crippen LogP contribution in [0.1, 0.15) is 36.6 Å². The third-order valence-corrected chi connectivity index (χ3v) is 5.44. The average molecular weight is 409 g/mol. The Morgan fingerprint density at radius 2 is 1.93 bits per heavy atom. The standard InChI is InChI=1S/C23H24FN3O3/c1-29-20-11-4-16(5-12-20)6-13-21(28)27-14-2-3-18(15-27)23-26-25-22(30-23)17-7-9-19(24)10-8-17/h4-5,7-12,18H,2-3,6,13-15H2,1H3. The van der Waals surface area contributed by atoms with E-state index in [9.17, 15) is 9.18 Å². The van der Waals surface area contributed by atoms with E-state index >= 15 is 0 Å². The van der Waals surface area contributed by atoms with Gasteiger partial charge in [0.1, 0.15) is 11.6 Å². The Morgan fingerprint density at radius 1 is 1.17 bits per heavy atom. The summed E-state index contributed by atoms with van der Waals surface area (Å²) in [6.45, 7) is 1.32. The number of aryl methyl sites for hydroxylation is 1. The van der Waals surface area contributed by atoms with Gasteiger partial charge in [-0.05, 0) is 61.2 Å². The van der Waals surface area contributed by atoms with Crippen molar-refractivity contribution in [1.82, 2.24) is 15.1 Å². The molecule has 2 aromatic carbocycles. The highest BCUT2D eigenvalue weighted by Crippen LogP contribution is 2.29. The summed E-state index contributed by atoms with van der Waals surface area (Å²) >= 11 is 0. The highest BCUT2D eigenvalue weighted by Gasteiger charge is 2.28. The summed E-state index contributed by atoms with van der Waals surface area (Å²) in [5.74, 6) is 1.55. The fourth-order valence-corrected chi connectivity index (χ4v) is 3.72. The number of carbonyl (C=O) groups excluding carboxylic acids is 1. The van der Waals surface area contributed by atoms with Crippen molar-refractivity contribution in [1.29, 1.82) is 0 Å². The van der Waals surface area contributed by atoms with Crippen LogP contribution in [0.3, 0.4) is 0 Å². The number of hydrogen-bond donors (Lipinski definition) is 0. The number of benzene rings is 2. The van der Waals surface area contributed by atoms with Gasteiger partial charge in [-0.1, -0.05) is 12.1 Å². The van der Waals surface area contributed by atoms with Crippen molar-refractivity contribution in [2.24, 2.45) is 0 Å². The minimum absolute atomic E-state index is 0.0189. The number of hydrogen-bond acceptors (Lipinski definition) is 5. The van der Waals surface area contributed by atoms with Crippen LogP contribution in [0.5, 0.6) is 5.75 Å². The summed E-state index contributed by atoms with van der Waals surface area (Å²) in [6.07, 6.45) is 2.95. The molecule has 0 saturated carbocycles. The first-order valence-corrected chi connectivity index (χ1v) is 10.1. The van der Waals surface area contributed by atoms with Crippen molar-refractivity contribution in [2.75, 3.05) is 20.2 Å². The number of methoxy groups -OCH3 is 1. The molecule has 3 aromatic rings. The molecule has 1 atom stereocenters. The number of halogens is 1. The first kappa shape index (κ1) is 20.1. The van der Waals surface area contributed by atoms with E-state index in [0.29, 0.717) is 36.7 Å². The largest absolute Gasteiger partial charge is 0.497 e. The fraction of sp³-hybridized carbons (Fsp3) is 0.348. The molecule has 1 saturated heterocycles. The predicted molar refractivity (Wildman–Crippen MR) is 110 cm³/mol. The van der Waals surface area contributed by atoms with Crippen LogP contribution in [0.15, 0.2) is 52.9 Å². The number of likely N-dealkylation sites (tertiary alicyclic amines) is 1. The van der Waals surface area contributed by atoms with Gasteiger partial charge in [0.2, 0.25) is 17.7 Å². The SMILES string of the molecule is COc1ccc(CCC(=O)N2CCCC(c3nnc(-c4ccc(F)cc4)o3)C2)cc1. The molecule has 1 fully saturated rings. The van der Waals surface area contributed by atoms with Gasteiger partial charge in [-0.3, -0.25) is 4.79 Å². The number of carbonyl (C=O) groups is 1. The van der Waals surface area contributed by atoms with Gasteiger partial charge in [0.15, 0.2) is 0 Å². The second-order valence-corrected chi connectivity index (χ2v) is 7.48. The van der Waals surface area contributed by atoms with Crippen molar-refractivity contribution in [3.8, 4) is 17.2 Å². The number of nitrogens with zero attached hydrogens (tertiary/aromatic N) is 3. The van der Waals surface area contributed by atoms with Crippen molar-refractivity contribution in [2.45, 2.75) is 31.6 Å². The molecule has 7 heteroatoms. The van der Waals surface area contributed by atoms with Crippen LogP contribution in [0, 0.1) is 5.82 Å². The topological polar surface area (TPSA) is 68.5 Å². The van der Waals surface area contributed by atoms with Crippen LogP contribution in [-0.2, 0) is 11.2 Å². The molecule has 1 aliphatic rings. The molecule has 2 heterocycles. The Kier molecular flexibility index (Phi) is 6.07. The van der Waals surface area contributed by atoms with E-state index in [-0.39, 0.29) is 17.6 Å². The zero-order valence-electron chi connectivity index (χ0n) is 16.9. The molecule has 0 N–H and O–H groups in total. The molecular formula is C23H24FN3O3. The Morgan fingerprint density at radius 3 is 2.67 bits per heavy atom. The summed E-state index contributed by atoms with van der Waals surface area (Å²) < 4.78 is 24.1. The van der Waals surface area contributed by atoms with Crippen LogP contribution in [0.2, 0.25) is 0 Å². The maximum absolute atomic E-state index is 13.1. The lowest BCUT2D eigenvalue weighted by Crippen LogP contribution is -2.39. The zero-order chi connectivity index (χ0) is 20.9. The fourth-order valence-electron chi connectivity index (χ4n) is 3.72. The summed E-state index contributed by atoms with van der Waals surface area (Å²) in [4.78, 5) is 14.6. The normalized spacial score (nSPS) is 16.5. The summed E-state index contributed by atoms with van der Waals surface area (Å²) in [5, 5.41) is 8.28. The number of amides is 1. The van der Waals surface area contributed by atoms with Crippen LogP contribution >= 0.6 is 0 Å². The third kappa shape index (κ3) is 4.67. The maximum atomic E-state index is 13.1. The quantitative estimate of drug-likeness (QED) is 0.610. The maximum Gasteiger partial charge on any atom is 0.247 e. The lowest BCUT2D eigenvalue weighted by molar-refractivity contribution is -0.132. The number of piperidine rings is 1. The molecule has 30 heavy (non-hydrogen) atoms. The molecule has 1 amide bonds. The lowest BCUT2D eigenvalue weighted by Gasteiger charge is -2.31. The van der Waals surface area contributed by atoms with Crippen LogP contribution in [0.4, 0.5) is 4.39 Å². The van der Waals surface area contributed by atoms with E-state index in [1.165, 1.54) is 12.1 Å². The minimum Gasteiger partial charge on any atom is -0.497 e. The molecular weight excluding hydrogens is 385 g/mol. The van der Waals surface area contributed by atoms with Crippen molar-refractivity contribution >= 4 is 5.91 Å². The first-order valence-electron chi connectivity index (χ1n) is 10.1. The molecule has 0 radical (unpaired) electrons. The number of rotatable bonds is 6. The Balaban J connectivity index is 1.35. The Bertz CT molecular complexity index is 986.